The Morgan fingerprint density at radius 3 is 2.40 bits per heavy atom. The lowest BCUT2D eigenvalue weighted by Crippen LogP contribution is -2.71. The molecule has 1 aromatic rings. The van der Waals surface area contributed by atoms with Gasteiger partial charge in [0, 0.05) is 67.2 Å². The minimum atomic E-state index is -0.710. The van der Waals surface area contributed by atoms with Gasteiger partial charge >= 0.3 is 0 Å². The summed E-state index contributed by atoms with van der Waals surface area (Å²) in [6.07, 6.45) is 10.8. The molecule has 5 aliphatic carbocycles. The molecule has 2 N–H and O–H groups in total. The highest BCUT2D eigenvalue weighted by Gasteiger charge is 2.76. The molecule has 5 fully saturated rings. The first-order valence-corrected chi connectivity index (χ1v) is 23.4. The summed E-state index contributed by atoms with van der Waals surface area (Å²) in [5.41, 5.74) is 6.40. The number of ether oxygens (including phenoxy) is 2. The molecule has 4 aliphatic heterocycles. The van der Waals surface area contributed by atoms with Gasteiger partial charge in [-0.25, -0.2) is 0 Å². The second kappa shape index (κ2) is 13.3. The van der Waals surface area contributed by atoms with Gasteiger partial charge in [0.15, 0.2) is 5.78 Å². The molecule has 8 heteroatoms. The lowest BCUT2D eigenvalue weighted by molar-refractivity contribution is -0.240. The van der Waals surface area contributed by atoms with Gasteiger partial charge in [0.05, 0.1) is 29.2 Å². The number of epoxide rings is 1. The topological polar surface area (TPSA) is 112 Å². The van der Waals surface area contributed by atoms with Gasteiger partial charge in [0.1, 0.15) is 11.9 Å². The van der Waals surface area contributed by atoms with Crippen LogP contribution >= 0.6 is 0 Å². The average Bonchev–Trinajstić information content (AvgIpc) is 3.47. The zero-order valence-electron chi connectivity index (χ0n) is 37.9. The number of carbonyl (C=O) groups is 2. The molecule has 324 valence electrons. The number of ketones is 2. The molecule has 0 spiro atoms. The number of aliphatic hydroxyl groups excluding tert-OH is 2. The number of benzene rings is 1. The van der Waals surface area contributed by atoms with Gasteiger partial charge in [0.25, 0.3) is 0 Å². The van der Waals surface area contributed by atoms with Crippen LogP contribution in [0.5, 0.6) is 0 Å². The first kappa shape index (κ1) is 41.1. The second-order valence-electron chi connectivity index (χ2n) is 23.3. The molecule has 8 nitrogen and oxygen atoms in total. The van der Waals surface area contributed by atoms with Crippen LogP contribution in [0.3, 0.4) is 0 Å². The van der Waals surface area contributed by atoms with Crippen LogP contribution in [-0.2, 0) is 25.5 Å². The van der Waals surface area contributed by atoms with Crippen LogP contribution in [0, 0.1) is 51.2 Å². The largest absolute Gasteiger partial charge is 0.392 e. The molecular weight excluding hydrogens is 749 g/mol. The number of hydrogen-bond donors (Lipinski definition) is 2. The van der Waals surface area contributed by atoms with Crippen LogP contribution in [0.1, 0.15) is 142 Å². The number of aliphatic hydroxyl groups is 2. The van der Waals surface area contributed by atoms with E-state index >= 15 is 4.79 Å². The second-order valence-corrected chi connectivity index (χ2v) is 23.3. The molecule has 0 unspecified atom stereocenters. The van der Waals surface area contributed by atoms with E-state index in [1.807, 2.05) is 20.1 Å². The lowest BCUT2D eigenvalue weighted by Gasteiger charge is -2.73. The molecule has 10 atom stereocenters. The number of aliphatic imine (C=N–C) groups is 1. The number of hydrogen-bond acceptors (Lipinski definition) is 8. The predicted molar refractivity (Wildman–Crippen MR) is 233 cm³/mol. The maximum absolute atomic E-state index is 15.1. The van der Waals surface area contributed by atoms with Crippen molar-refractivity contribution in [3.05, 3.63) is 69.1 Å². The van der Waals surface area contributed by atoms with Crippen LogP contribution < -0.4 is 0 Å². The smallest absolute Gasteiger partial charge is 0.160 e. The Bertz CT molecular complexity index is 2170. The molecular formula is C52H70N2O6. The highest BCUT2D eigenvalue weighted by molar-refractivity contribution is 6.02. The monoisotopic (exact) mass is 819 g/mol. The fraction of sp³-hybridized carbons (Fsp3) is 0.712. The molecule has 1 aromatic carbocycles. The van der Waals surface area contributed by atoms with Gasteiger partial charge in [-0.1, -0.05) is 65.3 Å². The molecule has 0 amide bonds. The molecule has 4 heterocycles. The Morgan fingerprint density at radius 2 is 1.68 bits per heavy atom. The van der Waals surface area contributed by atoms with Crippen molar-refractivity contribution in [3.63, 3.8) is 0 Å². The van der Waals surface area contributed by atoms with Crippen molar-refractivity contribution >= 4 is 17.8 Å². The van der Waals surface area contributed by atoms with Crippen LogP contribution in [0.2, 0.25) is 0 Å². The Morgan fingerprint density at radius 1 is 0.950 bits per heavy atom. The van der Waals surface area contributed by atoms with Crippen molar-refractivity contribution in [2.45, 2.75) is 163 Å². The average molecular weight is 819 g/mol. The molecule has 60 heavy (non-hydrogen) atoms. The quantitative estimate of drug-likeness (QED) is 0.253. The summed E-state index contributed by atoms with van der Waals surface area (Å²) in [6, 6.07) is 7.10. The third kappa shape index (κ3) is 5.64. The maximum atomic E-state index is 15.1. The highest BCUT2D eigenvalue weighted by Crippen LogP contribution is 2.79. The SMILES string of the molecule is Cc1cc(CC2=C3N=CC=C3N(C[C@]34CC[C@@](C)(C[C@@H](O)[C@@H]5OC5(C)C)C5=C3[C@](C)(CC5=O)[C@]3(C)CC[C@@H]5C(C)(C)C(=O)CC[C@@]5(C)[C@H]3[C@@H]4O)C2)cc(C2CCOCC2)c1. The van der Waals surface area contributed by atoms with Crippen LogP contribution in [0.15, 0.2) is 57.4 Å². The maximum Gasteiger partial charge on any atom is 0.160 e. The van der Waals surface area contributed by atoms with E-state index in [1.165, 1.54) is 27.8 Å². The fourth-order valence-electron chi connectivity index (χ4n) is 16.1. The Balaban J connectivity index is 1.06. The molecule has 0 bridgehead atoms. The van der Waals surface area contributed by atoms with Gasteiger partial charge in [0.2, 0.25) is 0 Å². The van der Waals surface area contributed by atoms with Crippen molar-refractivity contribution < 1.29 is 29.3 Å². The van der Waals surface area contributed by atoms with Crippen molar-refractivity contribution in [1.29, 1.82) is 0 Å². The number of aryl methyl sites for hydroxylation is 1. The van der Waals surface area contributed by atoms with Crippen molar-refractivity contribution in [2.75, 3.05) is 26.3 Å². The summed E-state index contributed by atoms with van der Waals surface area (Å²) in [6.45, 7) is 23.0. The normalized spacial score (nSPS) is 41.9. The number of allylic oxidation sites excluding steroid dienone is 2. The van der Waals surface area contributed by atoms with Gasteiger partial charge in [-0.3, -0.25) is 14.6 Å². The number of Topliss-reactive ketones (excluding diaryl/α,β-unsaturated/α-hetero) is 2. The van der Waals surface area contributed by atoms with Crippen LogP contribution in [0.25, 0.3) is 0 Å². The van der Waals surface area contributed by atoms with Gasteiger partial charge in [-0.15, -0.1) is 0 Å². The zero-order valence-corrected chi connectivity index (χ0v) is 37.9. The third-order valence-corrected chi connectivity index (χ3v) is 19.1. The molecule has 10 rings (SSSR count). The van der Waals surface area contributed by atoms with Crippen molar-refractivity contribution in [1.82, 2.24) is 4.90 Å². The summed E-state index contributed by atoms with van der Waals surface area (Å²) in [5.74, 6) is 1.14. The molecule has 9 aliphatic rings. The summed E-state index contributed by atoms with van der Waals surface area (Å²) >= 11 is 0. The summed E-state index contributed by atoms with van der Waals surface area (Å²) < 4.78 is 11.7. The van der Waals surface area contributed by atoms with E-state index < -0.39 is 33.9 Å². The number of nitrogens with zero attached hydrogens (tertiary/aromatic N) is 2. The third-order valence-electron chi connectivity index (χ3n) is 19.1. The van der Waals surface area contributed by atoms with E-state index in [0.29, 0.717) is 43.9 Å². The van der Waals surface area contributed by atoms with E-state index in [9.17, 15) is 15.0 Å². The number of rotatable bonds is 8. The van der Waals surface area contributed by atoms with E-state index in [0.717, 1.165) is 81.7 Å². The number of fused-ring (bicyclic) bond motifs is 5. The molecule has 2 saturated heterocycles. The van der Waals surface area contributed by atoms with Crippen LogP contribution in [0.4, 0.5) is 0 Å². The summed E-state index contributed by atoms with van der Waals surface area (Å²) in [5, 5.41) is 25.5. The summed E-state index contributed by atoms with van der Waals surface area (Å²) in [7, 11) is 0. The zero-order chi connectivity index (χ0) is 42.6. The number of carbonyl (C=O) groups excluding carboxylic acids is 2. The first-order valence-electron chi connectivity index (χ1n) is 23.4. The van der Waals surface area contributed by atoms with Crippen molar-refractivity contribution in [3.8, 4) is 0 Å². The summed E-state index contributed by atoms with van der Waals surface area (Å²) in [4.78, 5) is 36.3. The van der Waals surface area contributed by atoms with E-state index in [-0.39, 0.29) is 40.2 Å². The van der Waals surface area contributed by atoms with E-state index in [1.54, 1.807) is 0 Å². The predicted octanol–water partition coefficient (Wildman–Crippen LogP) is 8.76. The standard InChI is InChI=1S/C52H70N2O6/c1-30-22-31(24-33(23-30)32-13-20-59-21-14-32)25-34-28-54(35-12-19-53-41(34)35)29-52-18-17-48(6,26-37(56)45-47(4,5)60-45)40-36(55)27-51(9,42(40)52)50(8)16-10-38-46(2,3)39(57)11-15-49(38,7)43(50)44(52)58/h12,19,22-24,32,37-38,43-45,56,58H,10-11,13-18,20-21,25-29H2,1-9H3/t37-,38-,43-,44+,45+,48+,49-,50-,51+,52-/m1/s1. The lowest BCUT2D eigenvalue weighted by atomic mass is 9.32. The van der Waals surface area contributed by atoms with Gasteiger partial charge < -0.3 is 24.6 Å². The van der Waals surface area contributed by atoms with Gasteiger partial charge in [-0.05, 0) is 141 Å². The van der Waals surface area contributed by atoms with E-state index in [4.69, 9.17) is 14.5 Å². The minimum Gasteiger partial charge on any atom is -0.392 e. The fourth-order valence-corrected chi connectivity index (χ4v) is 16.1. The Kier molecular flexibility index (Phi) is 9.12. The van der Waals surface area contributed by atoms with Crippen LogP contribution in [-0.4, -0.2) is 83.1 Å². The highest BCUT2D eigenvalue weighted by atomic mass is 16.6. The molecule has 3 saturated carbocycles. The first-order chi connectivity index (χ1) is 28.2. The Labute approximate surface area is 358 Å². The van der Waals surface area contributed by atoms with Crippen molar-refractivity contribution in [2.24, 2.45) is 49.3 Å². The molecule has 0 aromatic heterocycles. The molecule has 0 radical (unpaired) electrons. The minimum absolute atomic E-state index is 0.0909. The van der Waals surface area contributed by atoms with E-state index in [2.05, 4.69) is 77.6 Å². The van der Waals surface area contributed by atoms with Gasteiger partial charge in [-0.2, -0.15) is 0 Å². The Hall–Kier alpha value is -2.91.